The molecule has 4 heteroatoms. The molecule has 1 aliphatic heterocycles. The monoisotopic (exact) mass is 450 g/mol. The Bertz CT molecular complexity index is 595. The van der Waals surface area contributed by atoms with Crippen molar-refractivity contribution < 1.29 is 9.59 Å². The number of aryl methyl sites for hydroxylation is 2. The minimum absolute atomic E-state index is 0.197. The average Bonchev–Trinajstić information content (AvgIpc) is 2.83. The van der Waals surface area contributed by atoms with Gasteiger partial charge in [-0.1, -0.05) is 94.2 Å². The van der Waals surface area contributed by atoms with E-state index in [1.807, 2.05) is 60.6 Å². The molecule has 188 valence electrons. The maximum absolute atomic E-state index is 11.8. The second kappa shape index (κ2) is 26.9. The van der Waals surface area contributed by atoms with Gasteiger partial charge in [-0.15, -0.1) is 6.58 Å². The molecule has 0 spiro atoms. The number of imide groups is 1. The molecule has 1 aromatic rings. The van der Waals surface area contributed by atoms with E-state index in [9.17, 15) is 9.59 Å². The molecular formula is C28H54N2O2. The molecule has 0 aliphatic carbocycles. The first-order chi connectivity index (χ1) is 15.3. The highest BCUT2D eigenvalue weighted by Gasteiger charge is 2.24. The van der Waals surface area contributed by atoms with Crippen molar-refractivity contribution in [1.29, 1.82) is 0 Å². The Morgan fingerprint density at radius 1 is 0.906 bits per heavy atom. The van der Waals surface area contributed by atoms with Gasteiger partial charge in [-0.2, -0.15) is 0 Å². The number of carbonyl (C=O) groups excluding carboxylic acids is 2. The smallest absolute Gasteiger partial charge is 0.294 e. The summed E-state index contributed by atoms with van der Waals surface area (Å²) in [6.07, 6.45) is 4.67. The Balaban J connectivity index is -0.000000234. The Kier molecular flexibility index (Phi) is 31.3. The first kappa shape index (κ1) is 37.2. The minimum Gasteiger partial charge on any atom is -0.294 e. The predicted molar refractivity (Wildman–Crippen MR) is 146 cm³/mol. The largest absolute Gasteiger partial charge is 0.328 e. The van der Waals surface area contributed by atoms with Crippen molar-refractivity contribution in [2.45, 2.75) is 115 Å². The molecular weight excluding hydrogens is 396 g/mol. The molecule has 1 N–H and O–H groups in total. The zero-order valence-electron chi connectivity index (χ0n) is 23.4. The fraction of sp³-hybridized carbons (Fsp3) is 0.643. The number of carbonyl (C=O) groups is 2. The van der Waals surface area contributed by atoms with Crippen LogP contribution in [0.5, 0.6) is 0 Å². The van der Waals surface area contributed by atoms with Gasteiger partial charge < -0.3 is 0 Å². The maximum Gasteiger partial charge on any atom is 0.328 e. The Morgan fingerprint density at radius 3 is 1.69 bits per heavy atom. The van der Waals surface area contributed by atoms with Crippen LogP contribution in [0.4, 0.5) is 10.5 Å². The fourth-order valence-corrected chi connectivity index (χ4v) is 2.26. The molecule has 1 heterocycles. The standard InChI is InChI=1S/C14H18N2O2.C5H10.C3H8.3C2H6/c1-3-10-5-6-12(9-11(10)4-2)16-8-7-13(17)15-14(16)18;1-4-5(2)3;1-3-2;3*1-2/h5-6,9H,3-4,7-8H2,1-2H3,(H,15,17,18);2,4H2,1,3H3;3H2,1-2H3;3*1-2H3. The van der Waals surface area contributed by atoms with Crippen LogP contribution in [-0.2, 0) is 17.6 Å². The number of allylic oxidation sites excluding steroid dienone is 1. The van der Waals surface area contributed by atoms with Crippen LogP contribution < -0.4 is 10.2 Å². The van der Waals surface area contributed by atoms with Crippen LogP contribution in [0.3, 0.4) is 0 Å². The molecule has 0 unspecified atom stereocenters. The van der Waals surface area contributed by atoms with Gasteiger partial charge in [-0.05, 0) is 49.4 Å². The van der Waals surface area contributed by atoms with Gasteiger partial charge >= 0.3 is 6.03 Å². The van der Waals surface area contributed by atoms with Crippen LogP contribution >= 0.6 is 0 Å². The van der Waals surface area contributed by atoms with Crippen LogP contribution in [0.15, 0.2) is 30.4 Å². The molecule has 4 nitrogen and oxygen atoms in total. The van der Waals surface area contributed by atoms with Gasteiger partial charge in [-0.3, -0.25) is 15.0 Å². The average molecular weight is 451 g/mol. The number of anilines is 1. The summed E-state index contributed by atoms with van der Waals surface area (Å²) in [7, 11) is 0. The Hall–Kier alpha value is -2.10. The number of nitrogens with one attached hydrogen (secondary N) is 1. The summed E-state index contributed by atoms with van der Waals surface area (Å²) in [5.74, 6) is -0.197. The topological polar surface area (TPSA) is 49.4 Å². The predicted octanol–water partition coefficient (Wildman–Crippen LogP) is 8.73. The highest BCUT2D eigenvalue weighted by atomic mass is 16.2. The Labute approximate surface area is 200 Å². The summed E-state index contributed by atoms with van der Waals surface area (Å²) in [5.41, 5.74) is 4.70. The van der Waals surface area contributed by atoms with Crippen molar-refractivity contribution in [2.75, 3.05) is 11.4 Å². The van der Waals surface area contributed by atoms with E-state index in [1.54, 1.807) is 4.90 Å². The summed E-state index contributed by atoms with van der Waals surface area (Å²) in [6, 6.07) is 5.75. The van der Waals surface area contributed by atoms with E-state index in [0.29, 0.717) is 13.0 Å². The zero-order valence-corrected chi connectivity index (χ0v) is 23.4. The van der Waals surface area contributed by atoms with E-state index in [2.05, 4.69) is 52.6 Å². The summed E-state index contributed by atoms with van der Waals surface area (Å²) in [5, 5.41) is 2.34. The van der Waals surface area contributed by atoms with Crippen molar-refractivity contribution in [3.05, 3.63) is 41.5 Å². The number of benzene rings is 1. The van der Waals surface area contributed by atoms with Crippen molar-refractivity contribution in [3.8, 4) is 0 Å². The van der Waals surface area contributed by atoms with Gasteiger partial charge in [0.15, 0.2) is 0 Å². The van der Waals surface area contributed by atoms with Gasteiger partial charge in [0, 0.05) is 18.7 Å². The molecule has 3 amide bonds. The number of hydrogen-bond donors (Lipinski definition) is 1. The van der Waals surface area contributed by atoms with E-state index in [0.717, 1.165) is 24.9 Å². The van der Waals surface area contributed by atoms with Gasteiger partial charge in [-0.25, -0.2) is 4.79 Å². The molecule has 0 aromatic heterocycles. The zero-order chi connectivity index (χ0) is 26.1. The van der Waals surface area contributed by atoms with Crippen molar-refractivity contribution in [1.82, 2.24) is 5.32 Å². The molecule has 1 saturated heterocycles. The van der Waals surface area contributed by atoms with E-state index in [-0.39, 0.29) is 11.9 Å². The van der Waals surface area contributed by atoms with Crippen LogP contribution in [0.1, 0.15) is 113 Å². The SMILES string of the molecule is C=C(C)CC.CC.CC.CC.CCC.CCc1ccc(N2CCC(=O)NC2=O)cc1CC. The van der Waals surface area contributed by atoms with Gasteiger partial charge in [0.1, 0.15) is 0 Å². The molecule has 32 heavy (non-hydrogen) atoms. The number of urea groups is 1. The number of hydrogen-bond acceptors (Lipinski definition) is 2. The van der Waals surface area contributed by atoms with E-state index in [4.69, 9.17) is 0 Å². The first-order valence-electron chi connectivity index (χ1n) is 12.7. The van der Waals surface area contributed by atoms with Crippen LogP contribution in [0.25, 0.3) is 0 Å². The van der Waals surface area contributed by atoms with Crippen molar-refractivity contribution in [2.24, 2.45) is 0 Å². The van der Waals surface area contributed by atoms with Crippen LogP contribution in [0.2, 0.25) is 0 Å². The van der Waals surface area contributed by atoms with Crippen LogP contribution in [0, 0.1) is 0 Å². The molecule has 0 radical (unpaired) electrons. The van der Waals surface area contributed by atoms with E-state index >= 15 is 0 Å². The number of amides is 3. The Morgan fingerprint density at radius 2 is 1.34 bits per heavy atom. The maximum atomic E-state index is 11.8. The van der Waals surface area contributed by atoms with E-state index < -0.39 is 0 Å². The highest BCUT2D eigenvalue weighted by Crippen LogP contribution is 2.22. The summed E-state index contributed by atoms with van der Waals surface area (Å²) in [4.78, 5) is 24.5. The van der Waals surface area contributed by atoms with Gasteiger partial charge in [0.2, 0.25) is 5.91 Å². The van der Waals surface area contributed by atoms with Crippen LogP contribution in [-0.4, -0.2) is 18.5 Å². The lowest BCUT2D eigenvalue weighted by atomic mass is 10.0. The summed E-state index contributed by atoms with van der Waals surface area (Å²) >= 11 is 0. The highest BCUT2D eigenvalue weighted by molar-refractivity contribution is 6.05. The lowest BCUT2D eigenvalue weighted by Gasteiger charge is -2.27. The summed E-state index contributed by atoms with van der Waals surface area (Å²) in [6.45, 7) is 28.7. The molecule has 1 aromatic carbocycles. The third-order valence-electron chi connectivity index (χ3n) is 3.92. The third-order valence-corrected chi connectivity index (χ3v) is 3.92. The van der Waals surface area contributed by atoms with E-state index in [1.165, 1.54) is 23.1 Å². The van der Waals surface area contributed by atoms with Crippen molar-refractivity contribution in [3.63, 3.8) is 0 Å². The quantitative estimate of drug-likeness (QED) is 0.466. The number of nitrogens with zero attached hydrogens (tertiary/aromatic N) is 1. The second-order valence-electron chi connectivity index (χ2n) is 6.43. The fourth-order valence-electron chi connectivity index (χ4n) is 2.26. The first-order valence-corrected chi connectivity index (χ1v) is 12.7. The van der Waals surface area contributed by atoms with Crippen molar-refractivity contribution >= 4 is 17.6 Å². The molecule has 0 atom stereocenters. The molecule has 1 aliphatic rings. The minimum atomic E-state index is -0.322. The van der Waals surface area contributed by atoms with Gasteiger partial charge in [0.05, 0.1) is 0 Å². The summed E-state index contributed by atoms with van der Waals surface area (Å²) < 4.78 is 0. The number of rotatable bonds is 4. The molecule has 0 saturated carbocycles. The molecule has 0 bridgehead atoms. The lowest BCUT2D eigenvalue weighted by Crippen LogP contribution is -2.49. The molecule has 2 rings (SSSR count). The van der Waals surface area contributed by atoms with Gasteiger partial charge in [0.25, 0.3) is 0 Å². The normalized spacial score (nSPS) is 11.2. The lowest BCUT2D eigenvalue weighted by molar-refractivity contribution is -0.120. The second-order valence-corrected chi connectivity index (χ2v) is 6.43. The third kappa shape index (κ3) is 17.6. The molecule has 1 fully saturated rings.